The van der Waals surface area contributed by atoms with Crippen molar-refractivity contribution in [2.75, 3.05) is 11.9 Å². The molecule has 0 atom stereocenters. The molecule has 36 heavy (non-hydrogen) atoms. The topological polar surface area (TPSA) is 140 Å². The van der Waals surface area contributed by atoms with Gasteiger partial charge in [0, 0.05) is 11.4 Å². The van der Waals surface area contributed by atoms with Gasteiger partial charge < -0.3 is 24.3 Å². The summed E-state index contributed by atoms with van der Waals surface area (Å²) < 4.78 is 64.4. The molecule has 1 aliphatic rings. The summed E-state index contributed by atoms with van der Waals surface area (Å²) in [5.74, 6) is 0.246. The molecule has 14 heteroatoms. The van der Waals surface area contributed by atoms with Crippen molar-refractivity contribution in [2.24, 2.45) is 0 Å². The van der Waals surface area contributed by atoms with Crippen LogP contribution in [-0.2, 0) is 14.5 Å². The van der Waals surface area contributed by atoms with E-state index < -0.39 is 32.1 Å². The third-order valence-electron chi connectivity index (χ3n) is 5.66. The molecule has 1 fully saturated rings. The third-order valence-corrected chi connectivity index (χ3v) is 6.23. The smallest absolute Gasteiger partial charge is 0.469 e. The fraction of sp³-hybridized carbons (Fsp3) is 0.500. The Bertz CT molecular complexity index is 1310. The molecule has 0 amide bonds. The van der Waals surface area contributed by atoms with Gasteiger partial charge in [0.05, 0.1) is 11.6 Å². The second-order valence-corrected chi connectivity index (χ2v) is 11.0. The number of aromatic nitrogens is 3. The van der Waals surface area contributed by atoms with Crippen molar-refractivity contribution in [3.63, 3.8) is 0 Å². The van der Waals surface area contributed by atoms with Crippen LogP contribution < -0.4 is 10.1 Å². The molecular formula is C22H26F3N4O6P. The fourth-order valence-corrected chi connectivity index (χ4v) is 4.48. The van der Waals surface area contributed by atoms with Gasteiger partial charge in [0.2, 0.25) is 0 Å². The first-order chi connectivity index (χ1) is 16.6. The van der Waals surface area contributed by atoms with Gasteiger partial charge in [-0.3, -0.25) is 4.52 Å². The number of pyridine rings is 1. The lowest BCUT2D eigenvalue weighted by atomic mass is 9.84. The largest absolute Gasteiger partial charge is 0.484 e. The normalized spacial score (nSPS) is 18.8. The first-order valence-electron chi connectivity index (χ1n) is 11.1. The number of benzene rings is 1. The quantitative estimate of drug-likeness (QED) is 0.362. The Labute approximate surface area is 204 Å². The molecule has 0 bridgehead atoms. The second kappa shape index (κ2) is 9.29. The molecule has 0 aliphatic heterocycles. The van der Waals surface area contributed by atoms with Crippen molar-refractivity contribution < 1.29 is 41.2 Å². The molecule has 3 aromatic rings. The maximum atomic E-state index is 12.7. The molecule has 2 heterocycles. The van der Waals surface area contributed by atoms with Gasteiger partial charge in [0.1, 0.15) is 11.4 Å². The lowest BCUT2D eigenvalue weighted by Crippen LogP contribution is -2.40. The van der Waals surface area contributed by atoms with Crippen LogP contribution in [0.15, 0.2) is 22.6 Å². The van der Waals surface area contributed by atoms with E-state index in [0.29, 0.717) is 35.0 Å². The summed E-state index contributed by atoms with van der Waals surface area (Å²) in [5.41, 5.74) is 1.96. The summed E-state index contributed by atoms with van der Waals surface area (Å²) in [6, 6.07) is 4.78. The zero-order valence-electron chi connectivity index (χ0n) is 20.0. The fourth-order valence-electron chi connectivity index (χ4n) is 3.92. The molecule has 3 N–H and O–H groups in total. The summed E-state index contributed by atoms with van der Waals surface area (Å²) in [5, 5.41) is 11.7. The van der Waals surface area contributed by atoms with Crippen molar-refractivity contribution in [2.45, 2.75) is 64.3 Å². The van der Waals surface area contributed by atoms with Gasteiger partial charge in [-0.25, -0.2) is 9.55 Å². The van der Waals surface area contributed by atoms with Crippen LogP contribution in [0.4, 0.5) is 19.2 Å². The van der Waals surface area contributed by atoms with Crippen LogP contribution >= 0.6 is 7.82 Å². The highest BCUT2D eigenvalue weighted by Crippen LogP contribution is 2.43. The zero-order chi connectivity index (χ0) is 26.5. The molecular weight excluding hydrogens is 504 g/mol. The Hall–Kier alpha value is -2.73. The van der Waals surface area contributed by atoms with Crippen molar-refractivity contribution in [1.29, 1.82) is 0 Å². The number of hydrogen-bond acceptors (Lipinski definition) is 8. The van der Waals surface area contributed by atoms with Crippen LogP contribution in [0.1, 0.15) is 44.7 Å². The average Bonchev–Trinajstić information content (AvgIpc) is 3.17. The first kappa shape index (κ1) is 26.3. The Balaban J connectivity index is 1.59. The number of halogens is 3. The predicted octanol–water partition coefficient (Wildman–Crippen LogP) is 4.88. The van der Waals surface area contributed by atoms with Crippen LogP contribution in [0.25, 0.3) is 22.5 Å². The number of nitrogens with one attached hydrogen (secondary N) is 1. The van der Waals surface area contributed by atoms with E-state index in [1.807, 2.05) is 20.8 Å². The van der Waals surface area contributed by atoms with Crippen molar-refractivity contribution >= 4 is 24.7 Å². The minimum atomic E-state index is -4.53. The van der Waals surface area contributed by atoms with E-state index in [0.717, 1.165) is 5.56 Å². The predicted molar refractivity (Wildman–Crippen MR) is 124 cm³/mol. The molecule has 1 aliphatic carbocycles. The average molecular weight is 530 g/mol. The Kier molecular flexibility index (Phi) is 6.80. The van der Waals surface area contributed by atoms with Crippen molar-refractivity contribution in [1.82, 2.24) is 15.2 Å². The Morgan fingerprint density at radius 3 is 2.47 bits per heavy atom. The zero-order valence-corrected chi connectivity index (χ0v) is 20.9. The highest BCUT2D eigenvalue weighted by Gasteiger charge is 2.35. The molecule has 0 spiro atoms. The first-order valence-corrected chi connectivity index (χ1v) is 12.6. The van der Waals surface area contributed by atoms with E-state index in [-0.39, 0.29) is 23.7 Å². The van der Waals surface area contributed by atoms with Crippen LogP contribution in [0.3, 0.4) is 0 Å². The van der Waals surface area contributed by atoms with Gasteiger partial charge in [0.15, 0.2) is 6.61 Å². The summed E-state index contributed by atoms with van der Waals surface area (Å²) >= 11 is 0. The lowest BCUT2D eigenvalue weighted by molar-refractivity contribution is -0.153. The second-order valence-electron chi connectivity index (χ2n) is 9.79. The molecule has 1 aromatic carbocycles. The van der Waals surface area contributed by atoms with Crippen LogP contribution in [0.2, 0.25) is 0 Å². The van der Waals surface area contributed by atoms with Crippen LogP contribution in [0, 0.1) is 6.92 Å². The Morgan fingerprint density at radius 2 is 1.86 bits per heavy atom. The van der Waals surface area contributed by atoms with Gasteiger partial charge in [-0.1, -0.05) is 25.9 Å². The minimum Gasteiger partial charge on any atom is -0.484 e. The van der Waals surface area contributed by atoms with E-state index in [1.165, 1.54) is 6.07 Å². The van der Waals surface area contributed by atoms with Crippen molar-refractivity contribution in [3.05, 3.63) is 29.3 Å². The van der Waals surface area contributed by atoms with Crippen LogP contribution in [0.5, 0.6) is 5.75 Å². The molecule has 10 nitrogen and oxygen atoms in total. The van der Waals surface area contributed by atoms with Crippen molar-refractivity contribution in [3.8, 4) is 17.3 Å². The van der Waals surface area contributed by atoms with Crippen LogP contribution in [-0.4, -0.2) is 49.9 Å². The molecule has 2 aromatic heterocycles. The summed E-state index contributed by atoms with van der Waals surface area (Å²) in [4.78, 5) is 22.4. The number of nitrogens with zero attached hydrogens (tertiary/aromatic N) is 3. The third kappa shape index (κ3) is 6.33. The maximum absolute atomic E-state index is 12.7. The highest BCUT2D eigenvalue weighted by atomic mass is 31.2. The lowest BCUT2D eigenvalue weighted by Gasteiger charge is -2.34. The number of phosphoric ester groups is 1. The SMILES string of the molecule is Cc1cc(-c2nnc(NC3CC(OP(=O)(O)O)C3)o2)nc2c(C(C)(C)C)cc(OCC(F)(F)F)cc12. The number of ether oxygens (including phenoxy) is 1. The monoisotopic (exact) mass is 530 g/mol. The summed E-state index contributed by atoms with van der Waals surface area (Å²) in [7, 11) is -4.53. The van der Waals surface area contributed by atoms with E-state index in [9.17, 15) is 17.7 Å². The van der Waals surface area contributed by atoms with E-state index >= 15 is 0 Å². The molecule has 4 rings (SSSR count). The molecule has 0 saturated heterocycles. The molecule has 196 valence electrons. The Morgan fingerprint density at radius 1 is 1.17 bits per heavy atom. The maximum Gasteiger partial charge on any atom is 0.469 e. The molecule has 0 unspecified atom stereocenters. The summed E-state index contributed by atoms with van der Waals surface area (Å²) in [6.45, 7) is 6.19. The number of anilines is 1. The van der Waals surface area contributed by atoms with Gasteiger partial charge in [-0.05, 0) is 54.5 Å². The summed E-state index contributed by atoms with van der Waals surface area (Å²) in [6.07, 6.45) is -4.28. The molecule has 1 saturated carbocycles. The van der Waals surface area contributed by atoms with Gasteiger partial charge in [0.25, 0.3) is 5.89 Å². The molecule has 0 radical (unpaired) electrons. The van der Waals surface area contributed by atoms with E-state index in [4.69, 9.17) is 23.9 Å². The standard InChI is InChI=1S/C22H26F3N4O6P/c1-11-5-17(19-28-29-20(34-19)26-12-6-14(7-12)35-36(30,31)32)27-18-15(11)8-13(33-10-22(23,24)25)9-16(18)21(2,3)4/h5,8-9,12,14H,6-7,10H2,1-4H3,(H,26,29)(H2,30,31,32). The van der Waals surface area contributed by atoms with E-state index in [1.54, 1.807) is 19.1 Å². The number of phosphoric acid groups is 1. The van der Waals surface area contributed by atoms with Gasteiger partial charge in [-0.15, -0.1) is 5.10 Å². The number of aryl methyl sites for hydroxylation is 1. The van der Waals surface area contributed by atoms with Gasteiger partial charge in [-0.2, -0.15) is 13.2 Å². The number of hydrogen-bond donors (Lipinski definition) is 3. The van der Waals surface area contributed by atoms with E-state index in [2.05, 4.69) is 20.0 Å². The minimum absolute atomic E-state index is 0.105. The number of alkyl halides is 3. The number of rotatable bonds is 7. The highest BCUT2D eigenvalue weighted by molar-refractivity contribution is 7.46. The van der Waals surface area contributed by atoms with Gasteiger partial charge >= 0.3 is 20.0 Å². The number of fused-ring (bicyclic) bond motifs is 1.